The van der Waals surface area contributed by atoms with Gasteiger partial charge in [0.05, 0.1) is 0 Å². The van der Waals surface area contributed by atoms with Crippen LogP contribution in [0.4, 0.5) is 0 Å². The number of nitrogens with two attached hydrogens (primary N) is 1. The maximum atomic E-state index is 5.28. The second-order valence-corrected chi connectivity index (χ2v) is 1.66. The van der Waals surface area contributed by atoms with Crippen molar-refractivity contribution in [1.82, 2.24) is 0 Å². The number of hydrogen-bond acceptors (Lipinski definition) is 1. The molecule has 1 aliphatic carbocycles. The lowest BCUT2D eigenvalue weighted by Gasteiger charge is -2.12. The number of allylic oxidation sites excluding steroid dienone is 1. The van der Waals surface area contributed by atoms with Crippen molar-refractivity contribution in [1.29, 1.82) is 0 Å². The predicted molar refractivity (Wildman–Crippen MR) is 26.3 cm³/mol. The molecule has 0 spiro atoms. The summed E-state index contributed by atoms with van der Waals surface area (Å²) >= 11 is 0. The van der Waals surface area contributed by atoms with Crippen molar-refractivity contribution in [3.8, 4) is 0 Å². The summed E-state index contributed by atoms with van der Waals surface area (Å²) < 4.78 is 0. The van der Waals surface area contributed by atoms with Crippen LogP contribution in [0.15, 0.2) is 12.2 Å². The van der Waals surface area contributed by atoms with Crippen molar-refractivity contribution < 1.29 is 0 Å². The Morgan fingerprint density at radius 3 is 2.50 bits per heavy atom. The first-order chi connectivity index (χ1) is 2.93. The van der Waals surface area contributed by atoms with Gasteiger partial charge in [0, 0.05) is 0 Å². The Labute approximate surface area is 37.8 Å². The fraction of sp³-hybridized carbons (Fsp3) is 0.600. The lowest BCUT2D eigenvalue weighted by atomic mass is 9.96. The van der Waals surface area contributed by atoms with Gasteiger partial charge in [-0.3, -0.25) is 0 Å². The van der Waals surface area contributed by atoms with Gasteiger partial charge < -0.3 is 5.73 Å². The standard InChI is InChI=1S/C5H9N/c6-4-5-2-1-3-5/h1-2,5H,3-4,6H2/t5-/m1/s1. The van der Waals surface area contributed by atoms with Gasteiger partial charge in [0.15, 0.2) is 0 Å². The molecule has 0 heterocycles. The summed E-state index contributed by atoms with van der Waals surface area (Å²) in [7, 11) is 0. The van der Waals surface area contributed by atoms with E-state index in [1.165, 1.54) is 6.42 Å². The minimum Gasteiger partial charge on any atom is -0.330 e. The zero-order valence-electron chi connectivity index (χ0n) is 3.72. The van der Waals surface area contributed by atoms with Crippen molar-refractivity contribution in [2.45, 2.75) is 6.42 Å². The van der Waals surface area contributed by atoms with Crippen LogP contribution in [0.1, 0.15) is 6.42 Å². The molecule has 34 valence electrons. The van der Waals surface area contributed by atoms with Crippen LogP contribution in [-0.4, -0.2) is 6.54 Å². The summed E-state index contributed by atoms with van der Waals surface area (Å²) in [4.78, 5) is 0. The monoisotopic (exact) mass is 83.1 g/mol. The molecule has 0 saturated heterocycles. The fourth-order valence-corrected chi connectivity index (χ4v) is 0.503. The van der Waals surface area contributed by atoms with E-state index in [2.05, 4.69) is 12.2 Å². The van der Waals surface area contributed by atoms with Gasteiger partial charge in [0.2, 0.25) is 0 Å². The van der Waals surface area contributed by atoms with Crippen LogP contribution in [0.25, 0.3) is 0 Å². The molecule has 1 heteroatoms. The van der Waals surface area contributed by atoms with Crippen LogP contribution in [0.3, 0.4) is 0 Å². The first-order valence-electron chi connectivity index (χ1n) is 2.30. The first-order valence-corrected chi connectivity index (χ1v) is 2.30. The Balaban J connectivity index is 2.21. The van der Waals surface area contributed by atoms with Crippen LogP contribution >= 0.6 is 0 Å². The summed E-state index contributed by atoms with van der Waals surface area (Å²) in [6.45, 7) is 0.830. The maximum Gasteiger partial charge on any atom is -0.00112 e. The second-order valence-electron chi connectivity index (χ2n) is 1.66. The molecular weight excluding hydrogens is 74.1 g/mol. The molecule has 1 nitrogen and oxygen atoms in total. The van der Waals surface area contributed by atoms with Crippen molar-refractivity contribution in [2.75, 3.05) is 6.54 Å². The molecule has 0 aromatic rings. The average Bonchev–Trinajstić information content (AvgIpc) is 1.31. The Morgan fingerprint density at radius 2 is 2.50 bits per heavy atom. The average molecular weight is 83.1 g/mol. The molecule has 0 aromatic carbocycles. The SMILES string of the molecule is NC[C@@H]1C=CC1. The number of hydrogen-bond donors (Lipinski definition) is 1. The molecule has 6 heavy (non-hydrogen) atoms. The summed E-state index contributed by atoms with van der Waals surface area (Å²) in [6, 6.07) is 0. The molecule has 0 fully saturated rings. The highest BCUT2D eigenvalue weighted by Crippen LogP contribution is 2.13. The van der Waals surface area contributed by atoms with Crippen molar-refractivity contribution >= 4 is 0 Å². The van der Waals surface area contributed by atoms with E-state index in [4.69, 9.17) is 5.73 Å². The third-order valence-electron chi connectivity index (χ3n) is 1.15. The first kappa shape index (κ1) is 3.88. The van der Waals surface area contributed by atoms with E-state index in [9.17, 15) is 0 Å². The molecule has 2 N–H and O–H groups in total. The van der Waals surface area contributed by atoms with E-state index in [0.717, 1.165) is 6.54 Å². The van der Waals surface area contributed by atoms with E-state index in [1.54, 1.807) is 0 Å². The van der Waals surface area contributed by atoms with Gasteiger partial charge in [-0.15, -0.1) is 0 Å². The van der Waals surface area contributed by atoms with E-state index in [-0.39, 0.29) is 0 Å². The van der Waals surface area contributed by atoms with Gasteiger partial charge in [-0.05, 0) is 18.9 Å². The summed E-state index contributed by atoms with van der Waals surface area (Å²) in [5, 5.41) is 0. The summed E-state index contributed by atoms with van der Waals surface area (Å²) in [6.07, 6.45) is 5.51. The molecule has 0 amide bonds. The van der Waals surface area contributed by atoms with Crippen LogP contribution in [0.2, 0.25) is 0 Å². The van der Waals surface area contributed by atoms with Crippen molar-refractivity contribution in [3.63, 3.8) is 0 Å². The van der Waals surface area contributed by atoms with Gasteiger partial charge in [0.1, 0.15) is 0 Å². The molecule has 1 atom stereocenters. The van der Waals surface area contributed by atoms with Crippen LogP contribution < -0.4 is 5.73 Å². The fourth-order valence-electron chi connectivity index (χ4n) is 0.503. The van der Waals surface area contributed by atoms with Gasteiger partial charge >= 0.3 is 0 Å². The minimum atomic E-state index is 0.713. The van der Waals surface area contributed by atoms with Gasteiger partial charge in [-0.25, -0.2) is 0 Å². The normalized spacial score (nSPS) is 29.8. The summed E-state index contributed by atoms with van der Waals surface area (Å²) in [5.74, 6) is 0.713. The zero-order chi connectivity index (χ0) is 4.41. The molecule has 0 unspecified atom stereocenters. The smallest absolute Gasteiger partial charge is 0.00112 e. The molecule has 0 aliphatic heterocycles. The topological polar surface area (TPSA) is 26.0 Å². The van der Waals surface area contributed by atoms with E-state index >= 15 is 0 Å². The molecule has 0 radical (unpaired) electrons. The summed E-state index contributed by atoms with van der Waals surface area (Å²) in [5.41, 5.74) is 5.28. The highest BCUT2D eigenvalue weighted by molar-refractivity contribution is 5.01. The largest absolute Gasteiger partial charge is 0.330 e. The van der Waals surface area contributed by atoms with Crippen LogP contribution in [-0.2, 0) is 0 Å². The highest BCUT2D eigenvalue weighted by Gasteiger charge is 2.04. The predicted octanol–water partition coefficient (Wildman–Crippen LogP) is 0.521. The van der Waals surface area contributed by atoms with E-state index in [0.29, 0.717) is 5.92 Å². The lowest BCUT2D eigenvalue weighted by molar-refractivity contribution is 0.623. The molecule has 1 rings (SSSR count). The quantitative estimate of drug-likeness (QED) is 0.459. The molecule has 1 aliphatic rings. The Kier molecular flexibility index (Phi) is 0.926. The van der Waals surface area contributed by atoms with Gasteiger partial charge in [-0.2, -0.15) is 0 Å². The van der Waals surface area contributed by atoms with Crippen LogP contribution in [0.5, 0.6) is 0 Å². The van der Waals surface area contributed by atoms with Gasteiger partial charge in [0.25, 0.3) is 0 Å². The Bertz CT molecular complexity index is 66.3. The Hall–Kier alpha value is -0.300. The molecule has 0 aromatic heterocycles. The maximum absolute atomic E-state index is 5.28. The third-order valence-corrected chi connectivity index (χ3v) is 1.15. The third kappa shape index (κ3) is 0.455. The Morgan fingerprint density at radius 1 is 1.83 bits per heavy atom. The van der Waals surface area contributed by atoms with E-state index in [1.807, 2.05) is 0 Å². The molecular formula is C5H9N. The zero-order valence-corrected chi connectivity index (χ0v) is 3.72. The molecule has 0 saturated carbocycles. The van der Waals surface area contributed by atoms with Crippen molar-refractivity contribution in [2.24, 2.45) is 11.7 Å². The molecule has 0 bridgehead atoms. The second kappa shape index (κ2) is 1.43. The lowest BCUT2D eigenvalue weighted by Crippen LogP contribution is -2.15. The highest BCUT2D eigenvalue weighted by atomic mass is 14.5. The van der Waals surface area contributed by atoms with Gasteiger partial charge in [-0.1, -0.05) is 12.2 Å². The van der Waals surface area contributed by atoms with Crippen molar-refractivity contribution in [3.05, 3.63) is 12.2 Å². The minimum absolute atomic E-state index is 0.713. The number of rotatable bonds is 1. The van der Waals surface area contributed by atoms with E-state index < -0.39 is 0 Å². The van der Waals surface area contributed by atoms with Crippen LogP contribution in [0, 0.1) is 5.92 Å².